The molecule has 32 heavy (non-hydrogen) atoms. The van der Waals surface area contributed by atoms with Crippen molar-refractivity contribution in [1.82, 2.24) is 15.6 Å². The van der Waals surface area contributed by atoms with Gasteiger partial charge in [-0.2, -0.15) is 0 Å². The van der Waals surface area contributed by atoms with Crippen molar-refractivity contribution in [2.45, 2.75) is 12.5 Å². The lowest BCUT2D eigenvalue weighted by molar-refractivity contribution is -0.119. The van der Waals surface area contributed by atoms with Crippen LogP contribution in [0.3, 0.4) is 0 Å². The Morgan fingerprint density at radius 1 is 1.12 bits per heavy atom. The first-order valence-corrected chi connectivity index (χ1v) is 11.1. The van der Waals surface area contributed by atoms with Crippen molar-refractivity contribution in [2.75, 3.05) is 45.3 Å². The number of nitrogens with zero attached hydrogens (tertiary/aromatic N) is 2. The summed E-state index contributed by atoms with van der Waals surface area (Å²) in [5, 5.41) is 7.29. The Labute approximate surface area is 187 Å². The van der Waals surface area contributed by atoms with Gasteiger partial charge in [-0.05, 0) is 49.5 Å². The predicted molar refractivity (Wildman–Crippen MR) is 125 cm³/mol. The molecule has 2 aliphatic heterocycles. The number of benzene rings is 2. The second kappa shape index (κ2) is 8.67. The molecule has 2 fully saturated rings. The zero-order chi connectivity index (χ0) is 22.1. The van der Waals surface area contributed by atoms with E-state index in [4.69, 9.17) is 14.5 Å². The summed E-state index contributed by atoms with van der Waals surface area (Å²) in [5.74, 6) is 2.16. The van der Waals surface area contributed by atoms with Crippen LogP contribution < -0.4 is 25.0 Å². The van der Waals surface area contributed by atoms with Crippen LogP contribution in [0.4, 0.5) is 5.69 Å². The number of rotatable bonds is 7. The minimum absolute atomic E-state index is 0.168. The number of carbonyl (C=O) groups excluding carboxylic acids is 1. The van der Waals surface area contributed by atoms with Crippen molar-refractivity contribution in [1.29, 1.82) is 0 Å². The third-order valence-electron chi connectivity index (χ3n) is 6.34. The lowest BCUT2D eigenvalue weighted by Crippen LogP contribution is -2.32. The van der Waals surface area contributed by atoms with Gasteiger partial charge in [0.15, 0.2) is 0 Å². The quantitative estimate of drug-likeness (QED) is 0.559. The molecule has 2 atom stereocenters. The van der Waals surface area contributed by atoms with Crippen LogP contribution in [0.2, 0.25) is 0 Å². The van der Waals surface area contributed by atoms with Crippen molar-refractivity contribution < 1.29 is 14.3 Å². The second-order valence-electron chi connectivity index (χ2n) is 8.43. The highest BCUT2D eigenvalue weighted by Gasteiger charge is 2.40. The number of methoxy groups -OCH3 is 1. The standard InChI is InChI=1S/C25H28N4O3/c1-26-9-10-32-18-5-3-16(4-6-18)21-13-24(20-8-7-19(31-2)12-22(20)27-21)29-14-17-11-25(30)28-23(17)15-29/h3-8,12-13,17,23,26H,9-11,14-15H2,1-2H3,(H,28,30)/t17-,23+/m1/s1. The molecule has 2 saturated heterocycles. The monoisotopic (exact) mass is 432 g/mol. The van der Waals surface area contributed by atoms with Gasteiger partial charge in [-0.15, -0.1) is 0 Å². The Bertz CT molecular complexity index is 1120. The lowest BCUT2D eigenvalue weighted by atomic mass is 10.1. The molecule has 3 aromatic rings. The maximum atomic E-state index is 11.8. The number of hydrogen-bond donors (Lipinski definition) is 2. The maximum Gasteiger partial charge on any atom is 0.220 e. The van der Waals surface area contributed by atoms with E-state index in [9.17, 15) is 4.79 Å². The van der Waals surface area contributed by atoms with Gasteiger partial charge < -0.3 is 25.0 Å². The molecule has 0 saturated carbocycles. The largest absolute Gasteiger partial charge is 0.497 e. The van der Waals surface area contributed by atoms with Crippen LogP contribution in [-0.2, 0) is 4.79 Å². The average molecular weight is 433 g/mol. The number of nitrogens with one attached hydrogen (secondary N) is 2. The van der Waals surface area contributed by atoms with E-state index in [0.29, 0.717) is 18.9 Å². The van der Waals surface area contributed by atoms with Crippen LogP contribution in [-0.4, -0.2) is 57.3 Å². The van der Waals surface area contributed by atoms with Crippen molar-refractivity contribution in [3.05, 3.63) is 48.5 Å². The summed E-state index contributed by atoms with van der Waals surface area (Å²) < 4.78 is 11.2. The van der Waals surface area contributed by atoms with Gasteiger partial charge in [0.1, 0.15) is 18.1 Å². The van der Waals surface area contributed by atoms with Crippen LogP contribution in [0, 0.1) is 5.92 Å². The maximum absolute atomic E-state index is 11.8. The van der Waals surface area contributed by atoms with E-state index in [1.165, 1.54) is 0 Å². The molecule has 1 aromatic heterocycles. The Morgan fingerprint density at radius 2 is 1.94 bits per heavy atom. The molecular formula is C25H28N4O3. The smallest absolute Gasteiger partial charge is 0.220 e. The van der Waals surface area contributed by atoms with Gasteiger partial charge in [0.2, 0.25) is 5.91 Å². The van der Waals surface area contributed by atoms with Crippen LogP contribution in [0.25, 0.3) is 22.2 Å². The number of anilines is 1. The van der Waals surface area contributed by atoms with Gasteiger partial charge in [-0.1, -0.05) is 0 Å². The molecule has 0 bridgehead atoms. The van der Waals surface area contributed by atoms with E-state index in [1.54, 1.807) is 7.11 Å². The first-order chi connectivity index (χ1) is 15.6. The molecule has 5 rings (SSSR count). The molecule has 7 nitrogen and oxygen atoms in total. The summed E-state index contributed by atoms with van der Waals surface area (Å²) in [4.78, 5) is 19.1. The summed E-state index contributed by atoms with van der Waals surface area (Å²) in [6.07, 6.45) is 0.611. The number of aromatic nitrogens is 1. The Kier molecular flexibility index (Phi) is 5.57. The molecule has 7 heteroatoms. The topological polar surface area (TPSA) is 75.7 Å². The fourth-order valence-corrected chi connectivity index (χ4v) is 4.66. The molecule has 1 amide bonds. The normalized spacial score (nSPS) is 19.8. The number of carbonyl (C=O) groups is 1. The zero-order valence-electron chi connectivity index (χ0n) is 18.4. The highest BCUT2D eigenvalue weighted by atomic mass is 16.5. The molecule has 3 heterocycles. The van der Waals surface area contributed by atoms with Gasteiger partial charge in [0.05, 0.1) is 24.4 Å². The predicted octanol–water partition coefficient (Wildman–Crippen LogP) is 2.83. The van der Waals surface area contributed by atoms with Gasteiger partial charge >= 0.3 is 0 Å². The van der Waals surface area contributed by atoms with Gasteiger partial charge in [0.25, 0.3) is 0 Å². The average Bonchev–Trinajstić information content (AvgIpc) is 3.36. The zero-order valence-corrected chi connectivity index (χ0v) is 18.4. The summed E-state index contributed by atoms with van der Waals surface area (Å²) in [5.41, 5.74) is 3.98. The van der Waals surface area contributed by atoms with Gasteiger partial charge in [0, 0.05) is 54.7 Å². The number of hydrogen-bond acceptors (Lipinski definition) is 6. The fraction of sp³-hybridized carbons (Fsp3) is 0.360. The molecular weight excluding hydrogens is 404 g/mol. The van der Waals surface area contributed by atoms with Crippen molar-refractivity contribution >= 4 is 22.5 Å². The van der Waals surface area contributed by atoms with Crippen molar-refractivity contribution in [2.24, 2.45) is 5.92 Å². The van der Waals surface area contributed by atoms with Gasteiger partial charge in [-0.3, -0.25) is 4.79 Å². The highest BCUT2D eigenvalue weighted by molar-refractivity contribution is 5.95. The summed E-state index contributed by atoms with van der Waals surface area (Å²) >= 11 is 0. The minimum Gasteiger partial charge on any atom is -0.497 e. The van der Waals surface area contributed by atoms with E-state index in [-0.39, 0.29) is 11.9 Å². The summed E-state index contributed by atoms with van der Waals surface area (Å²) in [6, 6.07) is 16.5. The van der Waals surface area contributed by atoms with E-state index in [0.717, 1.165) is 59.0 Å². The Hall–Kier alpha value is -3.32. The van der Waals surface area contributed by atoms with Crippen LogP contribution in [0.5, 0.6) is 11.5 Å². The lowest BCUT2D eigenvalue weighted by Gasteiger charge is -2.22. The highest BCUT2D eigenvalue weighted by Crippen LogP contribution is 2.37. The number of ether oxygens (including phenoxy) is 2. The second-order valence-corrected chi connectivity index (χ2v) is 8.43. The molecule has 0 spiro atoms. The van der Waals surface area contributed by atoms with Crippen molar-refractivity contribution in [3.63, 3.8) is 0 Å². The molecule has 0 radical (unpaired) electrons. The number of fused-ring (bicyclic) bond motifs is 2. The molecule has 2 N–H and O–H groups in total. The van der Waals surface area contributed by atoms with Crippen LogP contribution in [0.1, 0.15) is 6.42 Å². The minimum atomic E-state index is 0.168. The third-order valence-corrected chi connectivity index (χ3v) is 6.34. The first-order valence-electron chi connectivity index (χ1n) is 11.1. The van der Waals surface area contributed by atoms with Crippen molar-refractivity contribution in [3.8, 4) is 22.8 Å². The summed E-state index contributed by atoms with van der Waals surface area (Å²) in [7, 11) is 3.58. The summed E-state index contributed by atoms with van der Waals surface area (Å²) in [6.45, 7) is 3.12. The number of amides is 1. The van der Waals surface area contributed by atoms with Crippen LogP contribution in [0.15, 0.2) is 48.5 Å². The fourth-order valence-electron chi connectivity index (χ4n) is 4.66. The van der Waals surface area contributed by atoms with E-state index >= 15 is 0 Å². The number of pyridine rings is 1. The van der Waals surface area contributed by atoms with E-state index < -0.39 is 0 Å². The molecule has 0 aliphatic carbocycles. The SMILES string of the molecule is CNCCOc1ccc(-c2cc(N3C[C@H]4CC(=O)N[C@H]4C3)c3ccc(OC)cc3n2)cc1. The van der Waals surface area contributed by atoms with E-state index in [1.807, 2.05) is 43.4 Å². The third kappa shape index (κ3) is 3.96. The Morgan fingerprint density at radius 3 is 2.69 bits per heavy atom. The van der Waals surface area contributed by atoms with Crippen LogP contribution >= 0.6 is 0 Å². The first kappa shape index (κ1) is 20.6. The molecule has 2 aliphatic rings. The molecule has 2 aromatic carbocycles. The van der Waals surface area contributed by atoms with Gasteiger partial charge in [-0.25, -0.2) is 4.98 Å². The Balaban J connectivity index is 1.50. The molecule has 0 unspecified atom stereocenters. The molecule has 166 valence electrons. The van der Waals surface area contributed by atoms with E-state index in [2.05, 4.69) is 27.7 Å². The number of likely N-dealkylation sites (N-methyl/N-ethyl adjacent to an activating group) is 1.